The van der Waals surface area contributed by atoms with E-state index in [-0.39, 0.29) is 0 Å². The Balaban J connectivity index is 1.93. The lowest BCUT2D eigenvalue weighted by Gasteiger charge is -2.22. The third kappa shape index (κ3) is 2.70. The molecule has 0 spiro atoms. The molecule has 2 N–H and O–H groups in total. The number of fused-ring (bicyclic) bond motifs is 1. The first kappa shape index (κ1) is 16.5. The maximum atomic E-state index is 9.66. The predicted molar refractivity (Wildman–Crippen MR) is 101 cm³/mol. The molecule has 0 atom stereocenters. The van der Waals surface area contributed by atoms with Crippen molar-refractivity contribution in [1.82, 2.24) is 19.6 Å². The summed E-state index contributed by atoms with van der Waals surface area (Å²) < 4.78 is 1.81. The fourth-order valence-electron chi connectivity index (χ4n) is 3.98. The van der Waals surface area contributed by atoms with Crippen molar-refractivity contribution in [2.75, 3.05) is 5.73 Å². The van der Waals surface area contributed by atoms with Crippen LogP contribution in [0.5, 0.6) is 0 Å². The first-order valence-electron chi connectivity index (χ1n) is 9.11. The van der Waals surface area contributed by atoms with Crippen LogP contribution in [0.1, 0.15) is 60.7 Å². The summed E-state index contributed by atoms with van der Waals surface area (Å²) in [5, 5.41) is 14.1. The molecule has 0 unspecified atom stereocenters. The van der Waals surface area contributed by atoms with Gasteiger partial charge in [-0.1, -0.05) is 19.3 Å². The Morgan fingerprint density at radius 2 is 1.88 bits per heavy atom. The molecule has 0 bridgehead atoms. The summed E-state index contributed by atoms with van der Waals surface area (Å²) in [5.74, 6) is 0.713. The Morgan fingerprint density at radius 3 is 2.62 bits per heavy atom. The topological polar surface area (TPSA) is 92.9 Å². The Kier molecular flexibility index (Phi) is 4.08. The molecule has 1 saturated carbocycles. The van der Waals surface area contributed by atoms with E-state index in [0.29, 0.717) is 17.3 Å². The monoisotopic (exact) mass is 346 g/mol. The Bertz CT molecular complexity index is 1020. The third-order valence-electron chi connectivity index (χ3n) is 5.27. The van der Waals surface area contributed by atoms with Gasteiger partial charge in [0.25, 0.3) is 0 Å². The van der Waals surface area contributed by atoms with Gasteiger partial charge in [-0.05, 0) is 38.8 Å². The average molecular weight is 346 g/mol. The van der Waals surface area contributed by atoms with Gasteiger partial charge in [-0.25, -0.2) is 14.5 Å². The van der Waals surface area contributed by atoms with Crippen LogP contribution in [0.3, 0.4) is 0 Å². The smallest absolute Gasteiger partial charge is 0.163 e. The lowest BCUT2D eigenvalue weighted by atomic mass is 9.85. The van der Waals surface area contributed by atoms with E-state index in [2.05, 4.69) is 21.1 Å². The predicted octanol–water partition coefficient (Wildman–Crippen LogP) is 3.91. The van der Waals surface area contributed by atoms with E-state index in [1.807, 2.05) is 26.0 Å². The average Bonchev–Trinajstić information content (AvgIpc) is 3.05. The maximum Gasteiger partial charge on any atom is 0.163 e. The van der Waals surface area contributed by atoms with Crippen molar-refractivity contribution in [2.24, 2.45) is 0 Å². The van der Waals surface area contributed by atoms with Gasteiger partial charge in [0.05, 0.1) is 6.20 Å². The third-order valence-corrected chi connectivity index (χ3v) is 5.27. The van der Waals surface area contributed by atoms with Gasteiger partial charge >= 0.3 is 0 Å². The van der Waals surface area contributed by atoms with Crippen molar-refractivity contribution in [3.05, 3.63) is 41.0 Å². The molecular formula is C20H22N6. The number of rotatable bonds is 2. The molecular weight excluding hydrogens is 324 g/mol. The lowest BCUT2D eigenvalue weighted by molar-refractivity contribution is 0.437. The van der Waals surface area contributed by atoms with Crippen molar-refractivity contribution in [2.45, 2.75) is 51.9 Å². The first-order valence-corrected chi connectivity index (χ1v) is 9.11. The minimum atomic E-state index is 0.300. The molecule has 1 aliphatic carbocycles. The second-order valence-corrected chi connectivity index (χ2v) is 7.13. The molecule has 0 aliphatic heterocycles. The number of hydrogen-bond donors (Lipinski definition) is 1. The SMILES string of the molecule is Cc1cc(C)n2ncc(-c3cc(C4CCCCC4)nc(N)c3C#N)c2n1. The van der Waals surface area contributed by atoms with E-state index in [9.17, 15) is 5.26 Å². The van der Waals surface area contributed by atoms with Crippen LogP contribution in [0, 0.1) is 25.2 Å². The fourth-order valence-corrected chi connectivity index (χ4v) is 3.98. The summed E-state index contributed by atoms with van der Waals surface area (Å²) in [7, 11) is 0. The number of aryl methyl sites for hydroxylation is 2. The number of aromatic nitrogens is 4. The Labute approximate surface area is 152 Å². The van der Waals surface area contributed by atoms with E-state index in [0.717, 1.165) is 46.7 Å². The number of pyridine rings is 1. The molecule has 0 aromatic carbocycles. The van der Waals surface area contributed by atoms with Crippen LogP contribution in [0.25, 0.3) is 16.8 Å². The van der Waals surface area contributed by atoms with Gasteiger partial charge in [0, 0.05) is 34.1 Å². The highest BCUT2D eigenvalue weighted by molar-refractivity contribution is 5.84. The van der Waals surface area contributed by atoms with Crippen molar-refractivity contribution >= 4 is 11.5 Å². The van der Waals surface area contributed by atoms with Crippen LogP contribution < -0.4 is 5.73 Å². The van der Waals surface area contributed by atoms with E-state index in [1.54, 1.807) is 10.7 Å². The summed E-state index contributed by atoms with van der Waals surface area (Å²) in [4.78, 5) is 9.21. The molecule has 0 saturated heterocycles. The van der Waals surface area contributed by atoms with Gasteiger partial charge in [0.1, 0.15) is 17.5 Å². The van der Waals surface area contributed by atoms with Crippen LogP contribution in [0.4, 0.5) is 5.82 Å². The zero-order valence-corrected chi connectivity index (χ0v) is 15.2. The molecule has 3 heterocycles. The van der Waals surface area contributed by atoms with Crippen molar-refractivity contribution in [3.63, 3.8) is 0 Å². The highest BCUT2D eigenvalue weighted by Gasteiger charge is 2.22. The van der Waals surface area contributed by atoms with Gasteiger partial charge in [-0.15, -0.1) is 0 Å². The maximum absolute atomic E-state index is 9.66. The molecule has 1 aliphatic rings. The normalized spacial score (nSPS) is 15.3. The summed E-state index contributed by atoms with van der Waals surface area (Å²) >= 11 is 0. The number of hydrogen-bond acceptors (Lipinski definition) is 5. The number of nitrogens with zero attached hydrogens (tertiary/aromatic N) is 5. The largest absolute Gasteiger partial charge is 0.383 e. The molecule has 3 aromatic rings. The highest BCUT2D eigenvalue weighted by atomic mass is 15.3. The van der Waals surface area contributed by atoms with E-state index in [4.69, 9.17) is 5.73 Å². The number of anilines is 1. The molecule has 132 valence electrons. The van der Waals surface area contributed by atoms with E-state index >= 15 is 0 Å². The molecule has 1 fully saturated rings. The molecule has 4 rings (SSSR count). The molecule has 6 heteroatoms. The number of nitrogen functional groups attached to an aromatic ring is 1. The summed E-state index contributed by atoms with van der Waals surface area (Å²) in [6.07, 6.45) is 7.75. The molecule has 0 amide bonds. The summed E-state index contributed by atoms with van der Waals surface area (Å²) in [6, 6.07) is 6.24. The van der Waals surface area contributed by atoms with Gasteiger partial charge in [0.15, 0.2) is 5.65 Å². The Hall–Kier alpha value is -2.94. The van der Waals surface area contributed by atoms with Gasteiger partial charge < -0.3 is 5.73 Å². The second-order valence-electron chi connectivity index (χ2n) is 7.13. The Morgan fingerprint density at radius 1 is 1.12 bits per heavy atom. The van der Waals surface area contributed by atoms with E-state index in [1.165, 1.54) is 19.3 Å². The van der Waals surface area contributed by atoms with Gasteiger partial charge in [-0.3, -0.25) is 0 Å². The standard InChI is InChI=1S/C20H22N6/c1-12-8-13(2)26-20(24-12)17(11-23-26)15-9-18(14-6-4-3-5-7-14)25-19(22)16(15)10-21/h8-9,11,14H,3-7H2,1-2H3,(H2,22,25). The number of nitriles is 1. The van der Waals surface area contributed by atoms with Gasteiger partial charge in [-0.2, -0.15) is 10.4 Å². The lowest BCUT2D eigenvalue weighted by Crippen LogP contribution is -2.09. The fraction of sp³-hybridized carbons (Fsp3) is 0.400. The summed E-state index contributed by atoms with van der Waals surface area (Å²) in [6.45, 7) is 3.96. The minimum Gasteiger partial charge on any atom is -0.383 e. The highest BCUT2D eigenvalue weighted by Crippen LogP contribution is 2.36. The van der Waals surface area contributed by atoms with Crippen LogP contribution in [-0.2, 0) is 0 Å². The zero-order valence-electron chi connectivity index (χ0n) is 15.2. The molecule has 26 heavy (non-hydrogen) atoms. The first-order chi connectivity index (χ1) is 12.6. The van der Waals surface area contributed by atoms with E-state index < -0.39 is 0 Å². The van der Waals surface area contributed by atoms with Crippen LogP contribution in [0.15, 0.2) is 18.3 Å². The molecule has 3 aromatic heterocycles. The minimum absolute atomic E-state index is 0.300. The van der Waals surface area contributed by atoms with Gasteiger partial charge in [0.2, 0.25) is 0 Å². The van der Waals surface area contributed by atoms with Crippen LogP contribution >= 0.6 is 0 Å². The van der Waals surface area contributed by atoms with Crippen LogP contribution in [0.2, 0.25) is 0 Å². The van der Waals surface area contributed by atoms with Crippen molar-refractivity contribution in [3.8, 4) is 17.2 Å². The molecule has 0 radical (unpaired) electrons. The molecule has 6 nitrogen and oxygen atoms in total. The number of nitrogens with two attached hydrogens (primary N) is 1. The quantitative estimate of drug-likeness (QED) is 0.759. The zero-order chi connectivity index (χ0) is 18.3. The van der Waals surface area contributed by atoms with Crippen LogP contribution in [-0.4, -0.2) is 19.6 Å². The van der Waals surface area contributed by atoms with Crippen molar-refractivity contribution < 1.29 is 0 Å². The van der Waals surface area contributed by atoms with Crippen molar-refractivity contribution in [1.29, 1.82) is 5.26 Å². The second kappa shape index (κ2) is 6.41. The summed E-state index contributed by atoms with van der Waals surface area (Å²) in [5.41, 5.74) is 11.9.